The van der Waals surface area contributed by atoms with E-state index in [9.17, 15) is 4.79 Å². The number of aldehydes is 1. The minimum Gasteiger partial charge on any atom is -0.306 e. The van der Waals surface area contributed by atoms with Gasteiger partial charge in [-0.05, 0) is 50.9 Å². The van der Waals surface area contributed by atoms with E-state index in [-0.39, 0.29) is 0 Å². The monoisotopic (exact) mass is 217 g/mol. The molecule has 0 N–H and O–H groups in total. The van der Waals surface area contributed by atoms with E-state index in [2.05, 4.69) is 24.1 Å². The molecule has 0 aromatic heterocycles. The van der Waals surface area contributed by atoms with Crippen molar-refractivity contribution in [1.82, 2.24) is 4.90 Å². The van der Waals surface area contributed by atoms with Crippen LogP contribution in [0, 0.1) is 5.92 Å². The molecule has 0 amide bonds. The second kappa shape index (κ2) is 5.26. The van der Waals surface area contributed by atoms with Crippen molar-refractivity contribution in [3.05, 3.63) is 35.4 Å². The van der Waals surface area contributed by atoms with Crippen LogP contribution in [0.25, 0.3) is 0 Å². The molecule has 2 rings (SSSR count). The highest BCUT2D eigenvalue weighted by Crippen LogP contribution is 2.20. The molecule has 2 heteroatoms. The Hall–Kier alpha value is -1.15. The van der Waals surface area contributed by atoms with Crippen molar-refractivity contribution in [3.63, 3.8) is 0 Å². The zero-order valence-corrected chi connectivity index (χ0v) is 9.86. The molecule has 0 atom stereocenters. The maximum Gasteiger partial charge on any atom is 0.150 e. The fourth-order valence-corrected chi connectivity index (χ4v) is 2.33. The zero-order chi connectivity index (χ0) is 11.4. The fourth-order valence-electron chi connectivity index (χ4n) is 2.33. The molecular formula is C14H19NO. The van der Waals surface area contributed by atoms with Crippen LogP contribution in [0.15, 0.2) is 24.3 Å². The van der Waals surface area contributed by atoms with Gasteiger partial charge in [-0.25, -0.2) is 0 Å². The summed E-state index contributed by atoms with van der Waals surface area (Å²) in [5.41, 5.74) is 2.13. The normalized spacial score (nSPS) is 18.6. The second-order valence-electron chi connectivity index (χ2n) is 4.81. The average molecular weight is 217 g/mol. The van der Waals surface area contributed by atoms with Gasteiger partial charge in [0.05, 0.1) is 0 Å². The predicted octanol–water partition coefficient (Wildman–Crippen LogP) is 2.38. The van der Waals surface area contributed by atoms with Gasteiger partial charge in [-0.1, -0.05) is 24.3 Å². The van der Waals surface area contributed by atoms with E-state index in [1.54, 1.807) is 0 Å². The third-order valence-electron chi connectivity index (χ3n) is 3.48. The van der Waals surface area contributed by atoms with Crippen molar-refractivity contribution in [1.29, 1.82) is 0 Å². The van der Waals surface area contributed by atoms with Crippen LogP contribution < -0.4 is 0 Å². The molecule has 1 heterocycles. The van der Waals surface area contributed by atoms with Gasteiger partial charge in [0.25, 0.3) is 0 Å². The molecule has 1 aliphatic rings. The predicted molar refractivity (Wildman–Crippen MR) is 65.8 cm³/mol. The van der Waals surface area contributed by atoms with Crippen LogP contribution in [-0.4, -0.2) is 31.3 Å². The zero-order valence-electron chi connectivity index (χ0n) is 9.86. The molecule has 0 bridgehead atoms. The van der Waals surface area contributed by atoms with Crippen LogP contribution >= 0.6 is 0 Å². The van der Waals surface area contributed by atoms with E-state index in [4.69, 9.17) is 0 Å². The first-order valence-electron chi connectivity index (χ1n) is 6.00. The molecule has 0 saturated carbocycles. The van der Waals surface area contributed by atoms with Crippen molar-refractivity contribution in [2.45, 2.75) is 19.3 Å². The van der Waals surface area contributed by atoms with Crippen LogP contribution in [0.2, 0.25) is 0 Å². The third kappa shape index (κ3) is 2.92. The quantitative estimate of drug-likeness (QED) is 0.725. The number of piperidine rings is 1. The van der Waals surface area contributed by atoms with Crippen LogP contribution in [0.5, 0.6) is 0 Å². The molecule has 16 heavy (non-hydrogen) atoms. The number of nitrogens with zero attached hydrogens (tertiary/aromatic N) is 1. The van der Waals surface area contributed by atoms with Gasteiger partial charge in [0, 0.05) is 5.56 Å². The van der Waals surface area contributed by atoms with E-state index in [1.165, 1.54) is 31.5 Å². The summed E-state index contributed by atoms with van der Waals surface area (Å²) < 4.78 is 0. The van der Waals surface area contributed by atoms with Crippen LogP contribution in [-0.2, 0) is 6.42 Å². The summed E-state index contributed by atoms with van der Waals surface area (Å²) in [5, 5.41) is 0. The molecule has 1 aliphatic heterocycles. The molecule has 1 fully saturated rings. The van der Waals surface area contributed by atoms with E-state index in [1.807, 2.05) is 12.1 Å². The molecule has 1 aromatic carbocycles. The van der Waals surface area contributed by atoms with Gasteiger partial charge in [-0.15, -0.1) is 0 Å². The number of hydrogen-bond donors (Lipinski definition) is 0. The summed E-state index contributed by atoms with van der Waals surface area (Å²) in [7, 11) is 2.19. The number of hydrogen-bond acceptors (Lipinski definition) is 2. The number of carbonyl (C=O) groups excluding carboxylic acids is 1. The number of carbonyl (C=O) groups is 1. The van der Waals surface area contributed by atoms with Crippen molar-refractivity contribution in [2.24, 2.45) is 5.92 Å². The van der Waals surface area contributed by atoms with Crippen molar-refractivity contribution in [3.8, 4) is 0 Å². The first kappa shape index (κ1) is 11.3. The molecule has 2 nitrogen and oxygen atoms in total. The first-order valence-corrected chi connectivity index (χ1v) is 6.00. The largest absolute Gasteiger partial charge is 0.306 e. The molecule has 1 saturated heterocycles. The smallest absolute Gasteiger partial charge is 0.150 e. The van der Waals surface area contributed by atoms with E-state index < -0.39 is 0 Å². The van der Waals surface area contributed by atoms with E-state index in [0.29, 0.717) is 0 Å². The van der Waals surface area contributed by atoms with Crippen LogP contribution in [0.1, 0.15) is 28.8 Å². The standard InChI is InChI=1S/C14H19NO/c1-15-8-6-13(7-9-15)10-12-2-4-14(11-16)5-3-12/h2-5,11,13H,6-10H2,1H3. The van der Waals surface area contributed by atoms with Crippen LogP contribution in [0.3, 0.4) is 0 Å². The van der Waals surface area contributed by atoms with Crippen molar-refractivity contribution >= 4 is 6.29 Å². The van der Waals surface area contributed by atoms with Crippen LogP contribution in [0.4, 0.5) is 0 Å². The topological polar surface area (TPSA) is 20.3 Å². The third-order valence-corrected chi connectivity index (χ3v) is 3.48. The number of rotatable bonds is 3. The Morgan fingerprint density at radius 2 is 1.88 bits per heavy atom. The summed E-state index contributed by atoms with van der Waals surface area (Å²) in [6.45, 7) is 2.44. The second-order valence-corrected chi connectivity index (χ2v) is 4.81. The highest BCUT2D eigenvalue weighted by molar-refractivity contribution is 5.74. The SMILES string of the molecule is CN1CCC(Cc2ccc(C=O)cc2)CC1. The Kier molecular flexibility index (Phi) is 3.73. The van der Waals surface area contributed by atoms with Gasteiger partial charge < -0.3 is 4.90 Å². The Balaban J connectivity index is 1.91. The van der Waals surface area contributed by atoms with Crippen molar-refractivity contribution in [2.75, 3.05) is 20.1 Å². The maximum absolute atomic E-state index is 10.5. The summed E-state index contributed by atoms with van der Waals surface area (Å²) in [6, 6.07) is 8.00. The highest BCUT2D eigenvalue weighted by Gasteiger charge is 2.16. The summed E-state index contributed by atoms with van der Waals surface area (Å²) >= 11 is 0. The van der Waals surface area contributed by atoms with Gasteiger partial charge >= 0.3 is 0 Å². The van der Waals surface area contributed by atoms with E-state index in [0.717, 1.165) is 24.2 Å². The Bertz CT molecular complexity index is 336. The Morgan fingerprint density at radius 1 is 1.25 bits per heavy atom. The molecule has 1 aromatic rings. The Labute approximate surface area is 97.3 Å². The summed E-state index contributed by atoms with van der Waals surface area (Å²) in [5.74, 6) is 0.818. The molecule has 86 valence electrons. The van der Waals surface area contributed by atoms with Crippen molar-refractivity contribution < 1.29 is 4.79 Å². The fraction of sp³-hybridized carbons (Fsp3) is 0.500. The molecule has 0 spiro atoms. The van der Waals surface area contributed by atoms with Gasteiger partial charge in [0.15, 0.2) is 0 Å². The maximum atomic E-state index is 10.5. The lowest BCUT2D eigenvalue weighted by atomic mass is 9.90. The van der Waals surface area contributed by atoms with E-state index >= 15 is 0 Å². The van der Waals surface area contributed by atoms with Gasteiger partial charge in [-0.2, -0.15) is 0 Å². The molecule has 0 radical (unpaired) electrons. The lowest BCUT2D eigenvalue weighted by Crippen LogP contribution is -2.30. The molecule has 0 unspecified atom stereocenters. The minimum atomic E-state index is 0.770. The first-order chi connectivity index (χ1) is 7.78. The summed E-state index contributed by atoms with van der Waals surface area (Å²) in [4.78, 5) is 12.9. The highest BCUT2D eigenvalue weighted by atomic mass is 16.1. The number of benzene rings is 1. The molecular weight excluding hydrogens is 198 g/mol. The number of likely N-dealkylation sites (tertiary alicyclic amines) is 1. The average Bonchev–Trinajstić information content (AvgIpc) is 2.33. The van der Waals surface area contributed by atoms with Gasteiger partial charge in [0.2, 0.25) is 0 Å². The van der Waals surface area contributed by atoms with Gasteiger partial charge in [0.1, 0.15) is 6.29 Å². The molecule has 0 aliphatic carbocycles. The minimum absolute atomic E-state index is 0.770. The van der Waals surface area contributed by atoms with Gasteiger partial charge in [-0.3, -0.25) is 4.79 Å². The lowest BCUT2D eigenvalue weighted by Gasteiger charge is -2.28. The summed E-state index contributed by atoms with van der Waals surface area (Å²) in [6.07, 6.45) is 4.66. The lowest BCUT2D eigenvalue weighted by molar-refractivity contribution is 0.112. The Morgan fingerprint density at radius 3 is 2.44 bits per heavy atom.